The quantitative estimate of drug-likeness (QED) is 0.604. The molecule has 1 unspecified atom stereocenters. The topological polar surface area (TPSA) is 55.1 Å². The predicted molar refractivity (Wildman–Crippen MR) is 77.8 cm³/mol. The Labute approximate surface area is 133 Å². The number of Topliss-reactive ketones (excluding diaryl/α,β-unsaturated/α-hetero) is 1. The minimum atomic E-state index is -4.64. The molecule has 0 aliphatic heterocycles. The molecule has 21 heavy (non-hydrogen) atoms. The summed E-state index contributed by atoms with van der Waals surface area (Å²) >= 11 is 1.65. The van der Waals surface area contributed by atoms with E-state index in [-0.39, 0.29) is 26.3 Å². The Morgan fingerprint density at radius 3 is 2.57 bits per heavy atom. The maximum atomic E-state index is 12.5. The third-order valence-electron chi connectivity index (χ3n) is 3.78. The summed E-state index contributed by atoms with van der Waals surface area (Å²) in [5.41, 5.74) is -0.220. The van der Waals surface area contributed by atoms with Gasteiger partial charge in [-0.15, -0.1) is 13.2 Å². The fraction of sp³-hybridized carbons (Fsp3) is 0.692. The number of alkyl halides is 3. The van der Waals surface area contributed by atoms with E-state index in [2.05, 4.69) is 5.10 Å². The lowest BCUT2D eigenvalue weighted by molar-refractivity contribution is -0.212. The molecule has 2 rings (SSSR count). The van der Waals surface area contributed by atoms with Crippen LogP contribution in [-0.4, -0.2) is 26.8 Å². The average molecular weight is 416 g/mol. The molecule has 0 aromatic carbocycles. The minimum absolute atomic E-state index is 0.0602. The van der Waals surface area contributed by atoms with Gasteiger partial charge in [0, 0.05) is 12.6 Å². The Morgan fingerprint density at radius 1 is 1.43 bits per heavy atom. The van der Waals surface area contributed by atoms with Crippen LogP contribution >= 0.6 is 22.6 Å². The molecule has 0 radical (unpaired) electrons. The number of carbonyl (C=O) groups excluding carboxylic acids is 1. The van der Waals surface area contributed by atoms with E-state index in [1.165, 1.54) is 0 Å². The first-order valence-electron chi connectivity index (χ1n) is 6.82. The highest BCUT2D eigenvalue weighted by Gasteiger charge is 2.34. The van der Waals surface area contributed by atoms with E-state index >= 15 is 0 Å². The number of ketones is 1. The smallest absolute Gasteiger partial charge is 0.392 e. The van der Waals surface area contributed by atoms with Crippen LogP contribution in [0.1, 0.15) is 49.0 Å². The summed E-state index contributed by atoms with van der Waals surface area (Å²) in [4.78, 5) is 12.1. The van der Waals surface area contributed by atoms with Crippen molar-refractivity contribution in [2.75, 3.05) is 0 Å². The fourth-order valence-corrected chi connectivity index (χ4v) is 3.32. The van der Waals surface area contributed by atoms with Crippen molar-refractivity contribution in [2.45, 2.75) is 50.9 Å². The lowest BCUT2D eigenvalue weighted by Crippen LogP contribution is -2.26. The summed E-state index contributed by atoms with van der Waals surface area (Å²) in [6.45, 7) is 0. The van der Waals surface area contributed by atoms with Gasteiger partial charge in [0.2, 0.25) is 0 Å². The van der Waals surface area contributed by atoms with Crippen molar-refractivity contribution in [3.05, 3.63) is 15.5 Å². The molecule has 0 bridgehead atoms. The fourth-order valence-electron chi connectivity index (χ4n) is 2.64. The molecule has 0 saturated heterocycles. The number of halogens is 4. The molecular weight excluding hydrogens is 400 g/mol. The number of aliphatic hydroxyl groups is 1. The molecular formula is C13H16F3IN2O2. The molecule has 1 N–H and O–H groups in total. The van der Waals surface area contributed by atoms with Crippen molar-refractivity contribution in [1.82, 2.24) is 9.78 Å². The van der Waals surface area contributed by atoms with E-state index in [0.29, 0.717) is 0 Å². The summed E-state index contributed by atoms with van der Waals surface area (Å²) < 4.78 is 37.6. The number of carbonyl (C=O) groups is 1. The molecule has 1 heterocycles. The highest BCUT2D eigenvalue weighted by Crippen LogP contribution is 2.29. The second kappa shape index (κ2) is 6.64. The van der Waals surface area contributed by atoms with Crippen molar-refractivity contribution in [3.63, 3.8) is 0 Å². The number of aromatic nitrogens is 2. The van der Waals surface area contributed by atoms with E-state index in [4.69, 9.17) is 0 Å². The maximum Gasteiger partial charge on any atom is 0.504 e. The van der Waals surface area contributed by atoms with Gasteiger partial charge in [0.25, 0.3) is 0 Å². The summed E-state index contributed by atoms with van der Waals surface area (Å²) in [6, 6.07) is 0. The van der Waals surface area contributed by atoms with E-state index in [1.807, 2.05) is 0 Å². The Kier molecular flexibility index (Phi) is 5.29. The Bertz CT molecular complexity index is 510. The molecule has 1 aliphatic carbocycles. The Morgan fingerprint density at radius 2 is 2.05 bits per heavy atom. The zero-order chi connectivity index (χ0) is 15.6. The van der Waals surface area contributed by atoms with Crippen LogP contribution in [0.2, 0.25) is 0 Å². The van der Waals surface area contributed by atoms with Crippen molar-refractivity contribution < 1.29 is 23.1 Å². The SMILES string of the molecule is O=C(CC(O)C1CCCCC1)c1nn(C(F)(F)F)cc1I. The van der Waals surface area contributed by atoms with Gasteiger partial charge in [-0.05, 0) is 41.4 Å². The van der Waals surface area contributed by atoms with Gasteiger partial charge in [-0.1, -0.05) is 19.3 Å². The second-order valence-electron chi connectivity index (χ2n) is 5.33. The molecule has 1 atom stereocenters. The molecule has 1 aromatic rings. The highest BCUT2D eigenvalue weighted by molar-refractivity contribution is 14.1. The first kappa shape index (κ1) is 16.7. The van der Waals surface area contributed by atoms with Crippen molar-refractivity contribution in [1.29, 1.82) is 0 Å². The number of hydrogen-bond donors (Lipinski definition) is 1. The summed E-state index contributed by atoms with van der Waals surface area (Å²) in [5.74, 6) is -0.481. The van der Waals surface area contributed by atoms with E-state index in [9.17, 15) is 23.1 Å². The monoisotopic (exact) mass is 416 g/mol. The van der Waals surface area contributed by atoms with Gasteiger partial charge in [-0.2, -0.15) is 9.78 Å². The van der Waals surface area contributed by atoms with Crippen molar-refractivity contribution >= 4 is 28.4 Å². The molecule has 1 saturated carbocycles. The standard InChI is InChI=1S/C13H16F3IN2O2/c14-13(15,16)19-7-9(17)12(18-19)11(21)6-10(20)8-4-2-1-3-5-8/h7-8,10,20H,1-6H2. The van der Waals surface area contributed by atoms with Crippen LogP contribution in [0.4, 0.5) is 13.2 Å². The summed E-state index contributed by atoms with van der Waals surface area (Å²) in [5, 5.41) is 13.4. The van der Waals surface area contributed by atoms with Gasteiger partial charge >= 0.3 is 6.30 Å². The number of rotatable bonds is 4. The lowest BCUT2D eigenvalue weighted by Gasteiger charge is -2.25. The third kappa shape index (κ3) is 4.18. The van der Waals surface area contributed by atoms with E-state index in [1.54, 1.807) is 22.6 Å². The largest absolute Gasteiger partial charge is 0.504 e. The van der Waals surface area contributed by atoms with Gasteiger partial charge in [0.05, 0.1) is 9.67 Å². The van der Waals surface area contributed by atoms with Crippen LogP contribution in [0, 0.1) is 9.49 Å². The lowest BCUT2D eigenvalue weighted by atomic mass is 9.83. The summed E-state index contributed by atoms with van der Waals surface area (Å²) in [6.07, 6.45) is 0.0729. The van der Waals surface area contributed by atoms with Gasteiger partial charge in [0.1, 0.15) is 5.69 Å². The van der Waals surface area contributed by atoms with Crippen molar-refractivity contribution in [3.8, 4) is 0 Å². The maximum absolute atomic E-state index is 12.5. The molecule has 1 fully saturated rings. The number of aliphatic hydroxyl groups excluding tert-OH is 1. The Balaban J connectivity index is 2.04. The van der Waals surface area contributed by atoms with Crippen LogP contribution in [0.25, 0.3) is 0 Å². The highest BCUT2D eigenvalue weighted by atomic mass is 127. The molecule has 4 nitrogen and oxygen atoms in total. The van der Waals surface area contributed by atoms with Crippen LogP contribution in [0.3, 0.4) is 0 Å². The minimum Gasteiger partial charge on any atom is -0.392 e. The first-order chi connectivity index (χ1) is 9.79. The normalized spacial score (nSPS) is 18.7. The van der Waals surface area contributed by atoms with Crippen LogP contribution in [0.5, 0.6) is 0 Å². The number of nitrogens with zero attached hydrogens (tertiary/aromatic N) is 2. The second-order valence-corrected chi connectivity index (χ2v) is 6.49. The van der Waals surface area contributed by atoms with Crippen molar-refractivity contribution in [2.24, 2.45) is 5.92 Å². The van der Waals surface area contributed by atoms with Gasteiger partial charge in [-0.3, -0.25) is 4.79 Å². The van der Waals surface area contributed by atoms with Gasteiger partial charge < -0.3 is 5.11 Å². The van der Waals surface area contributed by atoms with Gasteiger partial charge in [0.15, 0.2) is 5.78 Å². The van der Waals surface area contributed by atoms with Crippen LogP contribution in [0.15, 0.2) is 6.20 Å². The van der Waals surface area contributed by atoms with E-state index in [0.717, 1.165) is 38.3 Å². The molecule has 1 aromatic heterocycles. The van der Waals surface area contributed by atoms with Gasteiger partial charge in [-0.25, -0.2) is 0 Å². The first-order valence-corrected chi connectivity index (χ1v) is 7.90. The molecule has 0 spiro atoms. The molecule has 0 amide bonds. The zero-order valence-electron chi connectivity index (χ0n) is 11.2. The predicted octanol–water partition coefficient (Wildman–Crippen LogP) is 3.48. The molecule has 8 heteroatoms. The van der Waals surface area contributed by atoms with Crippen LogP contribution < -0.4 is 0 Å². The van der Waals surface area contributed by atoms with E-state index < -0.39 is 18.2 Å². The van der Waals surface area contributed by atoms with Crippen LogP contribution in [-0.2, 0) is 6.30 Å². The molecule has 118 valence electrons. The average Bonchev–Trinajstić information content (AvgIpc) is 2.82. The third-order valence-corrected chi connectivity index (χ3v) is 4.57. The molecule has 1 aliphatic rings. The summed E-state index contributed by atoms with van der Waals surface area (Å²) in [7, 11) is 0. The number of hydrogen-bond acceptors (Lipinski definition) is 3. The zero-order valence-corrected chi connectivity index (χ0v) is 13.4. The Hall–Kier alpha value is -0.640.